The number of aromatic nitrogens is 2. The molecule has 0 aliphatic heterocycles. The van der Waals surface area contributed by atoms with Crippen molar-refractivity contribution in [1.29, 1.82) is 0 Å². The molecule has 2 aromatic rings. The summed E-state index contributed by atoms with van der Waals surface area (Å²) in [5.41, 5.74) is 6.97. The molecule has 2 aromatic heterocycles. The number of nitrogen functional groups attached to an aromatic ring is 1. The van der Waals surface area contributed by atoms with Crippen LogP contribution in [0.1, 0.15) is 29.3 Å². The molecule has 0 saturated heterocycles. The van der Waals surface area contributed by atoms with Crippen LogP contribution in [0.2, 0.25) is 5.15 Å². The van der Waals surface area contributed by atoms with Crippen LogP contribution in [0.4, 0.5) is 11.8 Å². The van der Waals surface area contributed by atoms with Crippen molar-refractivity contribution >= 4 is 34.7 Å². The molecule has 1 unspecified atom stereocenters. The molecule has 1 atom stereocenters. The number of nitrogens with zero attached hydrogens (tertiary/aromatic N) is 2. The lowest BCUT2D eigenvalue weighted by atomic mass is 9.94. The van der Waals surface area contributed by atoms with Crippen molar-refractivity contribution in [1.82, 2.24) is 9.97 Å². The molecule has 4 nitrogen and oxygen atoms in total. The lowest BCUT2D eigenvalue weighted by Crippen LogP contribution is -2.16. The lowest BCUT2D eigenvalue weighted by Gasteiger charge is -2.24. The molecule has 0 fully saturated rings. The van der Waals surface area contributed by atoms with Gasteiger partial charge in [-0.1, -0.05) is 11.6 Å². The second kappa shape index (κ2) is 4.74. The first-order valence-corrected chi connectivity index (χ1v) is 7.11. The van der Waals surface area contributed by atoms with Crippen LogP contribution in [0.15, 0.2) is 17.5 Å². The van der Waals surface area contributed by atoms with Gasteiger partial charge in [0, 0.05) is 10.9 Å². The molecule has 1 aliphatic carbocycles. The van der Waals surface area contributed by atoms with Crippen molar-refractivity contribution in [3.05, 3.63) is 33.1 Å². The van der Waals surface area contributed by atoms with Crippen LogP contribution >= 0.6 is 22.9 Å². The third-order valence-corrected chi connectivity index (χ3v) is 4.28. The lowest BCUT2D eigenvalue weighted by molar-refractivity contribution is 0.607. The van der Waals surface area contributed by atoms with E-state index in [0.29, 0.717) is 17.0 Å². The number of halogens is 1. The minimum Gasteiger partial charge on any atom is -0.368 e. The fourth-order valence-electron chi connectivity index (χ4n) is 2.32. The number of rotatable bonds is 2. The maximum atomic E-state index is 5.88. The van der Waals surface area contributed by atoms with E-state index in [1.807, 2.05) is 11.3 Å². The highest BCUT2D eigenvalue weighted by molar-refractivity contribution is 7.10. The maximum absolute atomic E-state index is 5.88. The van der Waals surface area contributed by atoms with Gasteiger partial charge in [0.25, 0.3) is 0 Å². The minimum atomic E-state index is 0.200. The smallest absolute Gasteiger partial charge is 0.223 e. The Morgan fingerprint density at radius 2 is 2.33 bits per heavy atom. The van der Waals surface area contributed by atoms with E-state index in [9.17, 15) is 0 Å². The summed E-state index contributed by atoms with van der Waals surface area (Å²) in [6.45, 7) is 0. The number of aryl methyl sites for hydroxylation is 1. The number of hydrogen-bond acceptors (Lipinski definition) is 5. The summed E-state index contributed by atoms with van der Waals surface area (Å²) in [7, 11) is 0. The number of nitrogens with one attached hydrogen (secondary N) is 1. The molecule has 0 amide bonds. The molecule has 0 saturated carbocycles. The Bertz CT molecular complexity index is 549. The summed E-state index contributed by atoms with van der Waals surface area (Å²) in [6.07, 6.45) is 3.47. The van der Waals surface area contributed by atoms with Crippen LogP contribution in [-0.2, 0) is 6.42 Å². The van der Waals surface area contributed by atoms with Crippen molar-refractivity contribution in [3.8, 4) is 0 Å². The van der Waals surface area contributed by atoms with E-state index < -0.39 is 0 Å². The number of nitrogens with two attached hydrogens (primary N) is 1. The summed E-state index contributed by atoms with van der Waals surface area (Å²) >= 11 is 7.70. The van der Waals surface area contributed by atoms with Crippen LogP contribution in [-0.4, -0.2) is 9.97 Å². The normalized spacial score (nSPS) is 18.4. The first kappa shape index (κ1) is 11.7. The first-order chi connectivity index (χ1) is 8.72. The summed E-state index contributed by atoms with van der Waals surface area (Å²) < 4.78 is 0. The summed E-state index contributed by atoms with van der Waals surface area (Å²) in [5, 5.41) is 5.91. The van der Waals surface area contributed by atoms with Crippen LogP contribution in [0.25, 0.3) is 0 Å². The molecule has 0 radical (unpaired) electrons. The predicted octanol–water partition coefficient (Wildman–Crippen LogP) is 3.26. The molecule has 18 heavy (non-hydrogen) atoms. The van der Waals surface area contributed by atoms with Crippen LogP contribution in [0.5, 0.6) is 0 Å². The average Bonchev–Trinajstić information content (AvgIpc) is 2.76. The van der Waals surface area contributed by atoms with E-state index in [0.717, 1.165) is 6.42 Å². The molecule has 2 heterocycles. The molecule has 1 aliphatic rings. The molecule has 94 valence electrons. The minimum absolute atomic E-state index is 0.200. The van der Waals surface area contributed by atoms with Crippen LogP contribution < -0.4 is 11.1 Å². The van der Waals surface area contributed by atoms with Gasteiger partial charge in [0.2, 0.25) is 5.95 Å². The maximum Gasteiger partial charge on any atom is 0.223 e. The Labute approximate surface area is 114 Å². The molecular weight excluding hydrogens is 268 g/mol. The third-order valence-electron chi connectivity index (χ3n) is 3.09. The highest BCUT2D eigenvalue weighted by Gasteiger charge is 2.21. The van der Waals surface area contributed by atoms with Crippen LogP contribution in [0.3, 0.4) is 0 Å². The Morgan fingerprint density at radius 1 is 1.44 bits per heavy atom. The highest BCUT2D eigenvalue weighted by Crippen LogP contribution is 2.35. The van der Waals surface area contributed by atoms with Gasteiger partial charge in [-0.2, -0.15) is 4.98 Å². The highest BCUT2D eigenvalue weighted by atomic mass is 35.5. The summed E-state index contributed by atoms with van der Waals surface area (Å²) in [6, 6.07) is 4.19. The van der Waals surface area contributed by atoms with Crippen molar-refractivity contribution in [2.45, 2.75) is 25.3 Å². The summed E-state index contributed by atoms with van der Waals surface area (Å²) in [5.74, 6) is 0.892. The predicted molar refractivity (Wildman–Crippen MR) is 75.1 cm³/mol. The number of thiophene rings is 1. The van der Waals surface area contributed by atoms with Gasteiger partial charge in [0.1, 0.15) is 11.0 Å². The summed E-state index contributed by atoms with van der Waals surface area (Å²) in [4.78, 5) is 9.48. The standard InChI is InChI=1S/C12H13ClN4S/c13-10-6-11(17-12(14)16-10)15-8-2-1-3-9-7(8)4-5-18-9/h4-6,8H,1-3H2,(H3,14,15,16,17). The quantitative estimate of drug-likeness (QED) is 0.829. The molecule has 0 aromatic carbocycles. The molecule has 0 bridgehead atoms. The SMILES string of the molecule is Nc1nc(Cl)cc(NC2CCCc3sccc32)n1. The number of hydrogen-bond donors (Lipinski definition) is 2. The van der Waals surface area contributed by atoms with Crippen molar-refractivity contribution in [2.24, 2.45) is 0 Å². The van der Waals surface area contributed by atoms with Crippen molar-refractivity contribution in [2.75, 3.05) is 11.1 Å². The fourth-order valence-corrected chi connectivity index (χ4v) is 3.50. The molecule has 3 N–H and O–H groups in total. The van der Waals surface area contributed by atoms with Crippen LogP contribution in [0, 0.1) is 0 Å². The number of fused-ring (bicyclic) bond motifs is 1. The van der Waals surface area contributed by atoms with Gasteiger partial charge in [0.15, 0.2) is 0 Å². The Balaban J connectivity index is 1.86. The van der Waals surface area contributed by atoms with E-state index in [1.165, 1.54) is 23.3 Å². The molecule has 3 rings (SSSR count). The molecule has 6 heteroatoms. The Kier molecular flexibility index (Phi) is 3.09. The monoisotopic (exact) mass is 280 g/mol. The van der Waals surface area contributed by atoms with E-state index >= 15 is 0 Å². The topological polar surface area (TPSA) is 63.8 Å². The van der Waals surface area contributed by atoms with Gasteiger partial charge in [-0.15, -0.1) is 11.3 Å². The Morgan fingerprint density at radius 3 is 3.17 bits per heavy atom. The third kappa shape index (κ3) is 2.28. The second-order valence-corrected chi connectivity index (χ2v) is 5.71. The van der Waals surface area contributed by atoms with Gasteiger partial charge < -0.3 is 11.1 Å². The number of anilines is 2. The van der Waals surface area contributed by atoms with Gasteiger partial charge in [0.05, 0.1) is 6.04 Å². The first-order valence-electron chi connectivity index (χ1n) is 5.85. The zero-order chi connectivity index (χ0) is 12.5. The van der Waals surface area contributed by atoms with E-state index in [2.05, 4.69) is 26.7 Å². The van der Waals surface area contributed by atoms with E-state index in [1.54, 1.807) is 6.07 Å². The van der Waals surface area contributed by atoms with E-state index in [-0.39, 0.29) is 5.95 Å². The van der Waals surface area contributed by atoms with Gasteiger partial charge in [-0.3, -0.25) is 0 Å². The van der Waals surface area contributed by atoms with Crippen molar-refractivity contribution in [3.63, 3.8) is 0 Å². The van der Waals surface area contributed by atoms with Gasteiger partial charge in [-0.05, 0) is 36.3 Å². The fraction of sp³-hybridized carbons (Fsp3) is 0.333. The Hall–Kier alpha value is -1.33. The second-order valence-electron chi connectivity index (χ2n) is 4.32. The zero-order valence-corrected chi connectivity index (χ0v) is 11.3. The van der Waals surface area contributed by atoms with Gasteiger partial charge >= 0.3 is 0 Å². The molecular formula is C12H13ClN4S. The van der Waals surface area contributed by atoms with E-state index in [4.69, 9.17) is 17.3 Å². The van der Waals surface area contributed by atoms with Crippen molar-refractivity contribution < 1.29 is 0 Å². The largest absolute Gasteiger partial charge is 0.368 e. The zero-order valence-electron chi connectivity index (χ0n) is 9.69. The average molecular weight is 281 g/mol. The molecule has 0 spiro atoms. The van der Waals surface area contributed by atoms with Gasteiger partial charge in [-0.25, -0.2) is 4.98 Å².